The lowest BCUT2D eigenvalue weighted by Crippen LogP contribution is -2.14. The van der Waals surface area contributed by atoms with Crippen LogP contribution in [0.5, 0.6) is 5.75 Å². The first-order valence-corrected chi connectivity index (χ1v) is 6.98. The summed E-state index contributed by atoms with van der Waals surface area (Å²) in [7, 11) is 1.53. The van der Waals surface area contributed by atoms with Crippen LogP contribution in [0.15, 0.2) is 48.5 Å². The standard InChI is InChI=1S/C17H18N2O3/c1-3-16(20)18-13-9-10-15(22-2)14(11-13)19-17(21)12-7-5-4-6-8-12/h4-11H,3H2,1-2H3,(H,18,20)(H,19,21). The van der Waals surface area contributed by atoms with E-state index in [1.165, 1.54) is 7.11 Å². The number of methoxy groups -OCH3 is 1. The van der Waals surface area contributed by atoms with Crippen molar-refractivity contribution in [2.24, 2.45) is 0 Å². The van der Waals surface area contributed by atoms with E-state index in [0.717, 1.165) is 0 Å². The van der Waals surface area contributed by atoms with Gasteiger partial charge in [0, 0.05) is 17.7 Å². The second kappa shape index (κ2) is 7.26. The monoisotopic (exact) mass is 298 g/mol. The molecule has 0 aliphatic carbocycles. The van der Waals surface area contributed by atoms with Crippen molar-refractivity contribution in [2.45, 2.75) is 13.3 Å². The van der Waals surface area contributed by atoms with Crippen LogP contribution in [-0.2, 0) is 4.79 Å². The van der Waals surface area contributed by atoms with Crippen molar-refractivity contribution in [1.29, 1.82) is 0 Å². The van der Waals surface area contributed by atoms with Gasteiger partial charge in [0.15, 0.2) is 0 Å². The number of rotatable bonds is 5. The average Bonchev–Trinajstić information content (AvgIpc) is 2.55. The first kappa shape index (κ1) is 15.6. The minimum absolute atomic E-state index is 0.0921. The van der Waals surface area contributed by atoms with Crippen LogP contribution in [0.25, 0.3) is 0 Å². The maximum absolute atomic E-state index is 12.2. The van der Waals surface area contributed by atoms with E-state index in [-0.39, 0.29) is 11.8 Å². The minimum Gasteiger partial charge on any atom is -0.495 e. The maximum Gasteiger partial charge on any atom is 0.255 e. The van der Waals surface area contributed by atoms with Crippen LogP contribution in [0.4, 0.5) is 11.4 Å². The summed E-state index contributed by atoms with van der Waals surface area (Å²) in [5.74, 6) is 0.196. The molecule has 2 aromatic carbocycles. The summed E-state index contributed by atoms with van der Waals surface area (Å²) >= 11 is 0. The number of hydrogen-bond donors (Lipinski definition) is 2. The van der Waals surface area contributed by atoms with E-state index in [1.54, 1.807) is 49.4 Å². The third-order valence-electron chi connectivity index (χ3n) is 3.09. The summed E-state index contributed by atoms with van der Waals surface area (Å²) in [5.41, 5.74) is 1.66. The lowest BCUT2D eigenvalue weighted by Gasteiger charge is -2.12. The molecule has 5 nitrogen and oxygen atoms in total. The van der Waals surface area contributed by atoms with Crippen LogP contribution in [0.1, 0.15) is 23.7 Å². The Kier molecular flexibility index (Phi) is 5.14. The molecule has 22 heavy (non-hydrogen) atoms. The fourth-order valence-corrected chi connectivity index (χ4v) is 1.92. The van der Waals surface area contributed by atoms with Crippen LogP contribution >= 0.6 is 0 Å². The molecule has 0 radical (unpaired) electrons. The molecule has 2 rings (SSSR count). The molecule has 0 spiro atoms. The molecule has 0 unspecified atom stereocenters. The highest BCUT2D eigenvalue weighted by molar-refractivity contribution is 6.05. The van der Waals surface area contributed by atoms with Crippen molar-refractivity contribution in [3.63, 3.8) is 0 Å². The number of hydrogen-bond acceptors (Lipinski definition) is 3. The van der Waals surface area contributed by atoms with E-state index >= 15 is 0 Å². The predicted octanol–water partition coefficient (Wildman–Crippen LogP) is 3.30. The topological polar surface area (TPSA) is 67.4 Å². The highest BCUT2D eigenvalue weighted by Crippen LogP contribution is 2.28. The zero-order valence-corrected chi connectivity index (χ0v) is 12.6. The van der Waals surface area contributed by atoms with Crippen molar-refractivity contribution < 1.29 is 14.3 Å². The Labute approximate surface area is 129 Å². The van der Waals surface area contributed by atoms with Crippen molar-refractivity contribution in [1.82, 2.24) is 0 Å². The fourth-order valence-electron chi connectivity index (χ4n) is 1.92. The second-order valence-corrected chi connectivity index (χ2v) is 4.64. The van der Waals surface area contributed by atoms with E-state index in [9.17, 15) is 9.59 Å². The smallest absolute Gasteiger partial charge is 0.255 e. The molecule has 114 valence electrons. The summed E-state index contributed by atoms with van der Waals surface area (Å²) in [5, 5.41) is 5.54. The Bertz CT molecular complexity index is 669. The fraction of sp³-hybridized carbons (Fsp3) is 0.176. The molecule has 0 fully saturated rings. The lowest BCUT2D eigenvalue weighted by atomic mass is 10.2. The summed E-state index contributed by atoms with van der Waals surface area (Å²) in [4.78, 5) is 23.7. The normalized spacial score (nSPS) is 9.91. The van der Waals surface area contributed by atoms with Gasteiger partial charge in [0.1, 0.15) is 5.75 Å². The van der Waals surface area contributed by atoms with Gasteiger partial charge in [-0.15, -0.1) is 0 Å². The van der Waals surface area contributed by atoms with Gasteiger partial charge in [-0.1, -0.05) is 25.1 Å². The Morgan fingerprint density at radius 2 is 1.77 bits per heavy atom. The molecule has 0 saturated heterocycles. The third-order valence-corrected chi connectivity index (χ3v) is 3.09. The first-order chi connectivity index (χ1) is 10.6. The Hall–Kier alpha value is -2.82. The number of ether oxygens (including phenoxy) is 1. The third kappa shape index (κ3) is 3.85. The van der Waals surface area contributed by atoms with Gasteiger partial charge in [0.2, 0.25) is 5.91 Å². The van der Waals surface area contributed by atoms with Gasteiger partial charge in [0.05, 0.1) is 12.8 Å². The number of carbonyl (C=O) groups excluding carboxylic acids is 2. The molecular formula is C17H18N2O3. The van der Waals surface area contributed by atoms with Crippen molar-refractivity contribution in [3.8, 4) is 5.75 Å². The zero-order valence-electron chi connectivity index (χ0n) is 12.6. The molecule has 0 saturated carbocycles. The van der Waals surface area contributed by atoms with Gasteiger partial charge in [-0.2, -0.15) is 0 Å². The van der Waals surface area contributed by atoms with Gasteiger partial charge >= 0.3 is 0 Å². The molecule has 0 atom stereocenters. The van der Waals surface area contributed by atoms with Crippen molar-refractivity contribution in [3.05, 3.63) is 54.1 Å². The molecule has 2 N–H and O–H groups in total. The summed E-state index contributed by atoms with van der Waals surface area (Å²) in [6.45, 7) is 1.77. The molecule has 5 heteroatoms. The van der Waals surface area contributed by atoms with Gasteiger partial charge in [0.25, 0.3) is 5.91 Å². The lowest BCUT2D eigenvalue weighted by molar-refractivity contribution is -0.115. The second-order valence-electron chi connectivity index (χ2n) is 4.64. The predicted molar refractivity (Wildman–Crippen MR) is 86.3 cm³/mol. The van der Waals surface area contributed by atoms with E-state index < -0.39 is 0 Å². The Morgan fingerprint density at radius 3 is 2.41 bits per heavy atom. The summed E-state index contributed by atoms with van der Waals surface area (Å²) in [6.07, 6.45) is 0.387. The molecule has 0 aromatic heterocycles. The van der Waals surface area contributed by atoms with Gasteiger partial charge in [-0.05, 0) is 30.3 Å². The van der Waals surface area contributed by atoms with Gasteiger partial charge in [-0.25, -0.2) is 0 Å². The van der Waals surface area contributed by atoms with E-state index in [4.69, 9.17) is 4.74 Å². The summed E-state index contributed by atoms with van der Waals surface area (Å²) < 4.78 is 5.24. The molecular weight excluding hydrogens is 280 g/mol. The quantitative estimate of drug-likeness (QED) is 0.890. The zero-order chi connectivity index (χ0) is 15.9. The van der Waals surface area contributed by atoms with Crippen molar-refractivity contribution >= 4 is 23.2 Å². The van der Waals surface area contributed by atoms with Gasteiger partial charge in [-0.3, -0.25) is 9.59 Å². The molecule has 2 aromatic rings. The molecule has 0 bridgehead atoms. The Morgan fingerprint density at radius 1 is 1.05 bits per heavy atom. The molecule has 0 aliphatic rings. The van der Waals surface area contributed by atoms with Crippen molar-refractivity contribution in [2.75, 3.05) is 17.7 Å². The first-order valence-electron chi connectivity index (χ1n) is 6.98. The number of anilines is 2. The van der Waals surface area contributed by atoms with E-state index in [2.05, 4.69) is 10.6 Å². The number of benzene rings is 2. The number of amides is 2. The highest BCUT2D eigenvalue weighted by atomic mass is 16.5. The van der Waals surface area contributed by atoms with Crippen LogP contribution in [0.3, 0.4) is 0 Å². The van der Waals surface area contributed by atoms with Crippen LogP contribution < -0.4 is 15.4 Å². The summed E-state index contributed by atoms with van der Waals surface area (Å²) in [6, 6.07) is 14.0. The molecule has 2 amide bonds. The van der Waals surface area contributed by atoms with Gasteiger partial charge < -0.3 is 15.4 Å². The van der Waals surface area contributed by atoms with E-state index in [1.807, 2.05) is 6.07 Å². The average molecular weight is 298 g/mol. The van der Waals surface area contributed by atoms with E-state index in [0.29, 0.717) is 29.1 Å². The minimum atomic E-state index is -0.238. The largest absolute Gasteiger partial charge is 0.495 e. The van der Waals surface area contributed by atoms with Crippen LogP contribution in [-0.4, -0.2) is 18.9 Å². The Balaban J connectivity index is 2.22. The highest BCUT2D eigenvalue weighted by Gasteiger charge is 2.11. The van der Waals surface area contributed by atoms with Crippen LogP contribution in [0.2, 0.25) is 0 Å². The number of carbonyl (C=O) groups is 2. The molecule has 0 aliphatic heterocycles. The van der Waals surface area contributed by atoms with Crippen LogP contribution in [0, 0.1) is 0 Å². The SMILES string of the molecule is CCC(=O)Nc1ccc(OC)c(NC(=O)c2ccccc2)c1. The molecule has 0 heterocycles. The number of nitrogens with one attached hydrogen (secondary N) is 2. The maximum atomic E-state index is 12.2.